The number of hydrazone groups is 1. The monoisotopic (exact) mass is 459 g/mol. The predicted molar refractivity (Wildman–Crippen MR) is 135 cm³/mol. The maximum atomic E-state index is 12.9. The summed E-state index contributed by atoms with van der Waals surface area (Å²) in [6.45, 7) is 6.71. The fraction of sp³-hybridized carbons (Fsp3) is 0.185. The van der Waals surface area contributed by atoms with Crippen LogP contribution >= 0.6 is 11.6 Å². The van der Waals surface area contributed by atoms with Crippen molar-refractivity contribution in [2.75, 3.05) is 6.61 Å². The summed E-state index contributed by atoms with van der Waals surface area (Å²) >= 11 is 6.35. The topological polar surface area (TPSA) is 55.6 Å². The molecule has 0 radical (unpaired) electrons. The average molecular weight is 460 g/mol. The smallest absolute Gasteiger partial charge is 0.272 e. The summed E-state index contributed by atoms with van der Waals surface area (Å²) < 4.78 is 7.98. The van der Waals surface area contributed by atoms with Gasteiger partial charge in [0, 0.05) is 22.6 Å². The number of carbonyl (C=O) groups excluding carboxylic acids is 1. The third-order valence-electron chi connectivity index (χ3n) is 5.48. The summed E-state index contributed by atoms with van der Waals surface area (Å²) in [4.78, 5) is 12.9. The molecule has 0 aliphatic carbocycles. The first kappa shape index (κ1) is 22.6. The van der Waals surface area contributed by atoms with Gasteiger partial charge in [-0.25, -0.2) is 5.43 Å². The Hall–Kier alpha value is -3.57. The number of amides is 1. The first-order valence-corrected chi connectivity index (χ1v) is 11.3. The zero-order chi connectivity index (χ0) is 23.4. The highest BCUT2D eigenvalue weighted by molar-refractivity contribution is 6.34. The predicted octanol–water partition coefficient (Wildman–Crippen LogP) is 6.45. The van der Waals surface area contributed by atoms with E-state index in [1.807, 2.05) is 68.4 Å². The Bertz CT molecular complexity index is 1320. The van der Waals surface area contributed by atoms with E-state index in [9.17, 15) is 4.79 Å². The zero-order valence-electron chi connectivity index (χ0n) is 18.9. The van der Waals surface area contributed by atoms with Gasteiger partial charge in [0.05, 0.1) is 23.4 Å². The molecule has 5 nitrogen and oxygen atoms in total. The molecule has 0 bridgehead atoms. The first-order chi connectivity index (χ1) is 16.0. The summed E-state index contributed by atoms with van der Waals surface area (Å²) in [5, 5.41) is 6.68. The van der Waals surface area contributed by atoms with Crippen LogP contribution in [0.25, 0.3) is 16.5 Å². The van der Waals surface area contributed by atoms with Crippen LogP contribution in [0.1, 0.15) is 40.7 Å². The van der Waals surface area contributed by atoms with Crippen molar-refractivity contribution in [1.29, 1.82) is 0 Å². The first-order valence-electron chi connectivity index (χ1n) is 10.9. The van der Waals surface area contributed by atoms with Crippen molar-refractivity contribution in [3.63, 3.8) is 0 Å². The molecule has 0 saturated carbocycles. The summed E-state index contributed by atoms with van der Waals surface area (Å²) in [5.74, 6) is 0.351. The van der Waals surface area contributed by atoms with Gasteiger partial charge < -0.3 is 9.30 Å². The van der Waals surface area contributed by atoms with Crippen LogP contribution in [0.15, 0.2) is 71.8 Å². The molecule has 1 heterocycles. The van der Waals surface area contributed by atoms with E-state index in [0.29, 0.717) is 17.2 Å². The summed E-state index contributed by atoms with van der Waals surface area (Å²) in [6, 6.07) is 21.4. The number of hydrogen-bond donors (Lipinski definition) is 1. The van der Waals surface area contributed by atoms with Crippen molar-refractivity contribution in [2.45, 2.75) is 27.2 Å². The largest absolute Gasteiger partial charge is 0.493 e. The number of benzene rings is 3. The SMILES string of the molecule is CCCOc1ccc2ccccc2c1C=NNC(=O)c1cc(-n2c(C)ccc2C)ccc1Cl. The molecule has 33 heavy (non-hydrogen) atoms. The third-order valence-corrected chi connectivity index (χ3v) is 5.81. The molecule has 0 aliphatic rings. The number of carbonyl (C=O) groups is 1. The van der Waals surface area contributed by atoms with E-state index in [4.69, 9.17) is 16.3 Å². The Kier molecular flexibility index (Phi) is 6.80. The van der Waals surface area contributed by atoms with E-state index < -0.39 is 0 Å². The van der Waals surface area contributed by atoms with Crippen LogP contribution in [0.2, 0.25) is 5.02 Å². The van der Waals surface area contributed by atoms with Crippen LogP contribution in [0, 0.1) is 13.8 Å². The molecule has 0 unspecified atom stereocenters. The lowest BCUT2D eigenvalue weighted by molar-refractivity contribution is 0.0955. The number of nitrogens with zero attached hydrogens (tertiary/aromatic N) is 2. The zero-order valence-corrected chi connectivity index (χ0v) is 19.7. The van der Waals surface area contributed by atoms with E-state index >= 15 is 0 Å². The molecule has 6 heteroatoms. The van der Waals surface area contributed by atoms with Gasteiger partial charge in [0.25, 0.3) is 5.91 Å². The number of hydrogen-bond acceptors (Lipinski definition) is 3. The van der Waals surface area contributed by atoms with E-state index in [0.717, 1.165) is 45.6 Å². The lowest BCUT2D eigenvalue weighted by Crippen LogP contribution is -2.18. The van der Waals surface area contributed by atoms with Crippen molar-refractivity contribution < 1.29 is 9.53 Å². The van der Waals surface area contributed by atoms with Gasteiger partial charge in [0.15, 0.2) is 0 Å². The highest BCUT2D eigenvalue weighted by Crippen LogP contribution is 2.27. The van der Waals surface area contributed by atoms with Gasteiger partial charge in [-0.15, -0.1) is 0 Å². The molecule has 4 aromatic rings. The maximum Gasteiger partial charge on any atom is 0.272 e. The summed E-state index contributed by atoms with van der Waals surface area (Å²) in [6.07, 6.45) is 2.53. The molecular weight excluding hydrogens is 434 g/mol. The van der Waals surface area contributed by atoms with E-state index in [-0.39, 0.29) is 5.91 Å². The fourth-order valence-electron chi connectivity index (χ4n) is 3.86. The Balaban J connectivity index is 1.62. The molecule has 0 spiro atoms. The summed E-state index contributed by atoms with van der Waals surface area (Å²) in [5.41, 5.74) is 6.83. The number of aryl methyl sites for hydroxylation is 2. The van der Waals surface area contributed by atoms with Gasteiger partial charge in [-0.05, 0) is 67.4 Å². The lowest BCUT2D eigenvalue weighted by Gasteiger charge is -2.12. The van der Waals surface area contributed by atoms with Crippen molar-refractivity contribution in [2.24, 2.45) is 5.10 Å². The Morgan fingerprint density at radius 1 is 1.06 bits per heavy atom. The van der Waals surface area contributed by atoms with Crippen LogP contribution in [0.5, 0.6) is 5.75 Å². The van der Waals surface area contributed by atoms with Crippen molar-refractivity contribution >= 4 is 34.5 Å². The van der Waals surface area contributed by atoms with E-state index in [1.165, 1.54) is 0 Å². The number of fused-ring (bicyclic) bond motifs is 1. The maximum absolute atomic E-state index is 12.9. The van der Waals surface area contributed by atoms with Crippen molar-refractivity contribution in [3.8, 4) is 11.4 Å². The molecule has 168 valence electrons. The lowest BCUT2D eigenvalue weighted by atomic mass is 10.0. The molecule has 4 rings (SSSR count). The molecule has 3 aromatic carbocycles. The second-order valence-electron chi connectivity index (χ2n) is 7.86. The van der Waals surface area contributed by atoms with Gasteiger partial charge in [0.1, 0.15) is 5.75 Å². The number of nitrogens with one attached hydrogen (secondary N) is 1. The molecule has 1 N–H and O–H groups in total. The van der Waals surface area contributed by atoms with Gasteiger partial charge in [-0.3, -0.25) is 4.79 Å². The minimum Gasteiger partial charge on any atom is -0.493 e. The third kappa shape index (κ3) is 4.78. The number of rotatable bonds is 7. The molecule has 0 fully saturated rings. The highest BCUT2D eigenvalue weighted by Gasteiger charge is 2.13. The normalized spacial score (nSPS) is 11.3. The fourth-order valence-corrected chi connectivity index (χ4v) is 4.07. The molecule has 1 aromatic heterocycles. The van der Waals surface area contributed by atoms with Crippen LogP contribution < -0.4 is 10.2 Å². The molecule has 0 aliphatic heterocycles. The second-order valence-corrected chi connectivity index (χ2v) is 8.27. The van der Waals surface area contributed by atoms with E-state index in [2.05, 4.69) is 22.0 Å². The minimum atomic E-state index is -0.378. The van der Waals surface area contributed by atoms with Gasteiger partial charge in [0.2, 0.25) is 0 Å². The van der Waals surface area contributed by atoms with Crippen LogP contribution in [0.4, 0.5) is 0 Å². The van der Waals surface area contributed by atoms with Gasteiger partial charge in [-0.1, -0.05) is 48.9 Å². The molecule has 0 saturated heterocycles. The Labute approximate surface area is 198 Å². The van der Waals surface area contributed by atoms with Crippen LogP contribution in [-0.2, 0) is 0 Å². The standard InChI is InChI=1S/C27H26ClN3O2/c1-4-15-33-26-14-11-20-7-5-6-8-22(20)24(26)17-29-30-27(32)23-16-21(12-13-25(23)28)31-18(2)9-10-19(31)3/h5-14,16-17H,4,15H2,1-3H3,(H,30,32). The van der Waals surface area contributed by atoms with Crippen LogP contribution in [0.3, 0.4) is 0 Å². The van der Waals surface area contributed by atoms with Crippen LogP contribution in [-0.4, -0.2) is 23.3 Å². The molecule has 1 amide bonds. The van der Waals surface area contributed by atoms with E-state index in [1.54, 1.807) is 18.3 Å². The second kappa shape index (κ2) is 9.92. The number of aromatic nitrogens is 1. The summed E-state index contributed by atoms with van der Waals surface area (Å²) in [7, 11) is 0. The Morgan fingerprint density at radius 3 is 2.58 bits per heavy atom. The minimum absolute atomic E-state index is 0.360. The van der Waals surface area contributed by atoms with Crippen molar-refractivity contribution in [3.05, 3.63) is 94.3 Å². The van der Waals surface area contributed by atoms with Gasteiger partial charge >= 0.3 is 0 Å². The average Bonchev–Trinajstić information content (AvgIpc) is 3.16. The molecule has 0 atom stereocenters. The number of halogens is 1. The quantitative estimate of drug-likeness (QED) is 0.255. The van der Waals surface area contributed by atoms with Crippen molar-refractivity contribution in [1.82, 2.24) is 9.99 Å². The number of ether oxygens (including phenoxy) is 1. The van der Waals surface area contributed by atoms with Gasteiger partial charge in [-0.2, -0.15) is 5.10 Å². The Morgan fingerprint density at radius 2 is 1.82 bits per heavy atom. The highest BCUT2D eigenvalue weighted by atomic mass is 35.5. The molecular formula is C27H26ClN3O2.